The van der Waals surface area contributed by atoms with Gasteiger partial charge in [-0.15, -0.1) is 0 Å². The van der Waals surface area contributed by atoms with Crippen molar-refractivity contribution < 1.29 is 39.4 Å². The van der Waals surface area contributed by atoms with Crippen LogP contribution < -0.4 is 4.74 Å². The number of benzene rings is 2. The summed E-state index contributed by atoms with van der Waals surface area (Å²) < 4.78 is 16.7. The Hall–Kier alpha value is -3.38. The molecule has 0 aliphatic carbocycles. The first-order valence-electron chi connectivity index (χ1n) is 10.1. The van der Waals surface area contributed by atoms with Gasteiger partial charge in [0.25, 0.3) is 0 Å². The van der Waals surface area contributed by atoms with Crippen molar-refractivity contribution in [1.29, 1.82) is 0 Å². The van der Waals surface area contributed by atoms with Crippen molar-refractivity contribution in [2.45, 2.75) is 36.8 Å². The number of para-hydroxylation sites is 1. The topological polar surface area (TPSA) is 190 Å². The Kier molecular flexibility index (Phi) is 6.65. The fourth-order valence-corrected chi connectivity index (χ4v) is 3.79. The number of carbonyl (C=O) groups is 1. The molecule has 1 aromatic heterocycles. The van der Waals surface area contributed by atoms with Crippen LogP contribution >= 0.6 is 0 Å². The molecule has 33 heavy (non-hydrogen) atoms. The lowest BCUT2D eigenvalue weighted by Crippen LogP contribution is -2.61. The Morgan fingerprint density at radius 3 is 2.64 bits per heavy atom. The van der Waals surface area contributed by atoms with Crippen molar-refractivity contribution in [3.8, 4) is 5.75 Å². The van der Waals surface area contributed by atoms with Gasteiger partial charge in [-0.3, -0.25) is 0 Å². The third-order valence-electron chi connectivity index (χ3n) is 5.40. The number of H-pyrrole nitrogens is 1. The summed E-state index contributed by atoms with van der Waals surface area (Å²) in [6, 6.07) is 13.2. The van der Waals surface area contributed by atoms with Gasteiger partial charge in [0.1, 0.15) is 36.8 Å². The minimum atomic E-state index is -1.84. The average Bonchev–Trinajstić information content (AvgIpc) is 3.20. The molecule has 6 atom stereocenters. The van der Waals surface area contributed by atoms with E-state index in [1.807, 2.05) is 30.3 Å². The lowest BCUT2D eigenvalue weighted by atomic mass is 9.99. The number of carboxylic acids is 1. The lowest BCUT2D eigenvalue weighted by Gasteiger charge is -2.39. The van der Waals surface area contributed by atoms with Crippen molar-refractivity contribution >= 4 is 27.8 Å². The molecule has 174 valence electrons. The molecule has 12 nitrogen and oxygen atoms in total. The molecule has 0 saturated carbocycles. The minimum absolute atomic E-state index is 0.138. The largest absolute Gasteiger partial charge is 0.490 e. The van der Waals surface area contributed by atoms with Gasteiger partial charge < -0.3 is 39.6 Å². The number of aliphatic hydroxyl groups excluding tert-OH is 3. The normalized spacial score (nSPS) is 26.1. The standard InChI is InChI=1S/C21H22N4O8/c22-25-23-8-10(32-21-18(28)16(26)17(27)19(33-21)20(29)30)9-31-14-7-3-6-13-15(14)11-4-1-2-5-12(11)24-13/h1-7,10,16-19,21,24,26-28H,8-9H2,(H,29,30)/t10-,16-,17-,18+,19-,21+/m0/s1. The molecule has 0 radical (unpaired) electrons. The van der Waals surface area contributed by atoms with Gasteiger partial charge in [-0.05, 0) is 23.7 Å². The van der Waals surface area contributed by atoms with E-state index in [1.165, 1.54) is 0 Å². The molecular weight excluding hydrogens is 436 g/mol. The number of carboxylic acid groups (broad SMARTS) is 1. The molecule has 0 bridgehead atoms. The van der Waals surface area contributed by atoms with Crippen molar-refractivity contribution in [2.24, 2.45) is 5.11 Å². The molecule has 0 spiro atoms. The zero-order valence-corrected chi connectivity index (χ0v) is 17.2. The number of hydrogen-bond donors (Lipinski definition) is 5. The van der Waals surface area contributed by atoms with Crippen molar-refractivity contribution in [2.75, 3.05) is 13.2 Å². The summed E-state index contributed by atoms with van der Waals surface area (Å²) in [6.07, 6.45) is -9.76. The maximum atomic E-state index is 11.3. The molecule has 5 N–H and O–H groups in total. The number of nitrogens with one attached hydrogen (secondary N) is 1. The predicted octanol–water partition coefficient (Wildman–Crippen LogP) is 1.29. The van der Waals surface area contributed by atoms with Crippen LogP contribution in [0.2, 0.25) is 0 Å². The zero-order chi connectivity index (χ0) is 23.5. The quantitative estimate of drug-likeness (QED) is 0.189. The molecule has 12 heteroatoms. The van der Waals surface area contributed by atoms with E-state index in [-0.39, 0.29) is 13.2 Å². The van der Waals surface area contributed by atoms with Gasteiger partial charge in [-0.25, -0.2) is 4.79 Å². The van der Waals surface area contributed by atoms with Crippen LogP contribution in [0, 0.1) is 0 Å². The van der Waals surface area contributed by atoms with Gasteiger partial charge in [-0.1, -0.05) is 29.4 Å². The van der Waals surface area contributed by atoms with Gasteiger partial charge in [-0.2, -0.15) is 0 Å². The number of aromatic amines is 1. The lowest BCUT2D eigenvalue weighted by molar-refractivity contribution is -0.304. The predicted molar refractivity (Wildman–Crippen MR) is 115 cm³/mol. The van der Waals surface area contributed by atoms with Crippen LogP contribution in [0.5, 0.6) is 5.75 Å². The minimum Gasteiger partial charge on any atom is -0.490 e. The van der Waals surface area contributed by atoms with Crippen LogP contribution in [0.25, 0.3) is 32.2 Å². The van der Waals surface area contributed by atoms with Gasteiger partial charge in [0.15, 0.2) is 12.4 Å². The highest BCUT2D eigenvalue weighted by molar-refractivity contribution is 6.10. The number of hydrogen-bond acceptors (Lipinski definition) is 8. The third kappa shape index (κ3) is 4.57. The summed E-state index contributed by atoms with van der Waals surface area (Å²) in [6.45, 7) is -0.357. The molecule has 1 aliphatic rings. The number of aliphatic hydroxyl groups is 3. The van der Waals surface area contributed by atoms with Crippen molar-refractivity contribution in [3.05, 3.63) is 52.9 Å². The van der Waals surface area contributed by atoms with E-state index < -0.39 is 42.8 Å². The SMILES string of the molecule is [N-]=[N+]=NC[C@@H](COc1cccc2[nH]c3ccccc3c12)O[C@@H]1O[C@H](C(=O)O)[C@@H](O)[C@H](O)[C@H]1O. The van der Waals surface area contributed by atoms with Gasteiger partial charge in [0.2, 0.25) is 0 Å². The third-order valence-corrected chi connectivity index (χ3v) is 5.40. The first-order chi connectivity index (χ1) is 15.9. The Morgan fingerprint density at radius 2 is 1.88 bits per heavy atom. The molecule has 1 aliphatic heterocycles. The molecular formula is C21H22N4O8. The second-order valence-corrected chi connectivity index (χ2v) is 7.57. The smallest absolute Gasteiger partial charge is 0.335 e. The van der Waals surface area contributed by atoms with Crippen LogP contribution in [0.4, 0.5) is 0 Å². The molecule has 2 heterocycles. The Bertz CT molecular complexity index is 1190. The summed E-state index contributed by atoms with van der Waals surface area (Å²) in [4.78, 5) is 17.3. The molecule has 3 aromatic rings. The Morgan fingerprint density at radius 1 is 1.12 bits per heavy atom. The number of rotatable bonds is 8. The Balaban J connectivity index is 1.54. The van der Waals surface area contributed by atoms with Gasteiger partial charge in [0.05, 0.1) is 12.1 Å². The molecule has 1 saturated heterocycles. The summed E-state index contributed by atoms with van der Waals surface area (Å²) in [5.41, 5.74) is 10.5. The number of aliphatic carboxylic acids is 1. The van der Waals surface area contributed by atoms with Crippen LogP contribution in [-0.4, -0.2) is 81.3 Å². The number of fused-ring (bicyclic) bond motifs is 3. The van der Waals surface area contributed by atoms with Crippen LogP contribution in [0.1, 0.15) is 0 Å². The fourth-order valence-electron chi connectivity index (χ4n) is 3.79. The van der Waals surface area contributed by atoms with E-state index in [9.17, 15) is 25.2 Å². The summed E-state index contributed by atoms with van der Waals surface area (Å²) >= 11 is 0. The molecule has 4 rings (SSSR count). The van der Waals surface area contributed by atoms with Gasteiger partial charge >= 0.3 is 5.97 Å². The fraction of sp³-hybridized carbons (Fsp3) is 0.381. The molecule has 0 unspecified atom stereocenters. The van der Waals surface area contributed by atoms with Crippen LogP contribution in [-0.2, 0) is 14.3 Å². The summed E-state index contributed by atoms with van der Waals surface area (Å²) in [5.74, 6) is -1.00. The highest BCUT2D eigenvalue weighted by atomic mass is 16.7. The number of azide groups is 1. The Labute approximate surface area is 186 Å². The first kappa shape index (κ1) is 22.8. The maximum absolute atomic E-state index is 11.3. The first-order valence-corrected chi connectivity index (χ1v) is 10.1. The van der Waals surface area contributed by atoms with E-state index in [2.05, 4.69) is 15.0 Å². The molecule has 2 aromatic carbocycles. The van der Waals surface area contributed by atoms with E-state index in [4.69, 9.17) is 19.7 Å². The number of nitrogens with zero attached hydrogens (tertiary/aromatic N) is 3. The molecule has 1 fully saturated rings. The van der Waals surface area contributed by atoms with E-state index >= 15 is 0 Å². The number of ether oxygens (including phenoxy) is 3. The van der Waals surface area contributed by atoms with E-state index in [1.54, 1.807) is 12.1 Å². The van der Waals surface area contributed by atoms with E-state index in [0.717, 1.165) is 21.8 Å². The zero-order valence-electron chi connectivity index (χ0n) is 17.2. The highest BCUT2D eigenvalue weighted by Gasteiger charge is 2.48. The number of aromatic nitrogens is 1. The van der Waals surface area contributed by atoms with Crippen LogP contribution in [0.15, 0.2) is 47.6 Å². The monoisotopic (exact) mass is 458 g/mol. The van der Waals surface area contributed by atoms with E-state index in [0.29, 0.717) is 5.75 Å². The van der Waals surface area contributed by atoms with Crippen molar-refractivity contribution in [3.63, 3.8) is 0 Å². The van der Waals surface area contributed by atoms with Crippen molar-refractivity contribution in [1.82, 2.24) is 4.98 Å². The second-order valence-electron chi connectivity index (χ2n) is 7.57. The maximum Gasteiger partial charge on any atom is 0.335 e. The summed E-state index contributed by atoms with van der Waals surface area (Å²) in [5, 5.41) is 44.5. The average molecular weight is 458 g/mol. The molecule has 0 amide bonds. The summed E-state index contributed by atoms with van der Waals surface area (Å²) in [7, 11) is 0. The highest BCUT2D eigenvalue weighted by Crippen LogP contribution is 2.33. The second kappa shape index (κ2) is 9.63. The van der Waals surface area contributed by atoms with Crippen LogP contribution in [0.3, 0.4) is 0 Å². The van der Waals surface area contributed by atoms with Gasteiger partial charge in [0, 0.05) is 21.2 Å².